The Hall–Kier alpha value is -3.50. The van der Waals surface area contributed by atoms with Gasteiger partial charge in [-0.05, 0) is 52.1 Å². The maximum Gasteiger partial charge on any atom is 0.167 e. The van der Waals surface area contributed by atoms with Gasteiger partial charge in [0.1, 0.15) is 6.61 Å². The Labute approximate surface area is 202 Å². The molecule has 0 unspecified atom stereocenters. The Balaban J connectivity index is 1.47. The number of hydrogen-bond donors (Lipinski definition) is 1. The first-order chi connectivity index (χ1) is 16.2. The molecule has 164 valence electrons. The van der Waals surface area contributed by atoms with Gasteiger partial charge in [0.15, 0.2) is 11.5 Å². The lowest BCUT2D eigenvalue weighted by Gasteiger charge is -2.18. The molecular formula is C29H24BrNO2. The van der Waals surface area contributed by atoms with Crippen molar-refractivity contribution in [2.75, 3.05) is 12.4 Å². The molecule has 1 N–H and O–H groups in total. The molecule has 0 radical (unpaired) electrons. The van der Waals surface area contributed by atoms with Gasteiger partial charge in [-0.15, -0.1) is 0 Å². The molecule has 0 atom stereocenters. The van der Waals surface area contributed by atoms with E-state index >= 15 is 0 Å². The van der Waals surface area contributed by atoms with Crippen LogP contribution in [-0.2, 0) is 13.2 Å². The molecule has 5 aromatic rings. The van der Waals surface area contributed by atoms with Crippen molar-refractivity contribution in [2.24, 2.45) is 0 Å². The van der Waals surface area contributed by atoms with Gasteiger partial charge in [0, 0.05) is 27.7 Å². The van der Waals surface area contributed by atoms with Gasteiger partial charge in [-0.3, -0.25) is 0 Å². The Morgan fingerprint density at radius 3 is 2.27 bits per heavy atom. The van der Waals surface area contributed by atoms with Crippen molar-refractivity contribution >= 4 is 43.2 Å². The summed E-state index contributed by atoms with van der Waals surface area (Å²) >= 11 is 3.72. The van der Waals surface area contributed by atoms with E-state index in [-0.39, 0.29) is 0 Å². The van der Waals surface area contributed by atoms with Crippen molar-refractivity contribution in [2.45, 2.75) is 13.2 Å². The highest BCUT2D eigenvalue weighted by Gasteiger charge is 2.15. The molecule has 4 heteroatoms. The summed E-state index contributed by atoms with van der Waals surface area (Å²) in [6.45, 7) is 1.06. The molecule has 0 fully saturated rings. The van der Waals surface area contributed by atoms with Gasteiger partial charge in [0.2, 0.25) is 0 Å². The lowest BCUT2D eigenvalue weighted by Crippen LogP contribution is -2.06. The Bertz CT molecular complexity index is 1420. The van der Waals surface area contributed by atoms with Crippen LogP contribution in [0.25, 0.3) is 21.5 Å². The predicted molar refractivity (Wildman–Crippen MR) is 140 cm³/mol. The average molecular weight is 498 g/mol. The minimum absolute atomic E-state index is 0.473. The number of nitrogens with one attached hydrogen (secondary N) is 1. The number of halogens is 1. The molecule has 0 saturated heterocycles. The van der Waals surface area contributed by atoms with Crippen LogP contribution in [-0.4, -0.2) is 7.11 Å². The van der Waals surface area contributed by atoms with Crippen LogP contribution in [0.5, 0.6) is 11.5 Å². The summed E-state index contributed by atoms with van der Waals surface area (Å²) in [4.78, 5) is 0. The van der Waals surface area contributed by atoms with E-state index in [1.165, 1.54) is 21.5 Å². The summed E-state index contributed by atoms with van der Waals surface area (Å²) < 4.78 is 12.9. The van der Waals surface area contributed by atoms with Crippen LogP contribution in [0.1, 0.15) is 11.1 Å². The van der Waals surface area contributed by atoms with Crippen molar-refractivity contribution in [3.05, 3.63) is 113 Å². The molecule has 0 aliphatic heterocycles. The van der Waals surface area contributed by atoms with Crippen LogP contribution >= 0.6 is 15.9 Å². The van der Waals surface area contributed by atoms with Gasteiger partial charge in [-0.25, -0.2) is 0 Å². The molecule has 0 aliphatic rings. The minimum Gasteiger partial charge on any atom is -0.493 e. The second-order valence-electron chi connectivity index (χ2n) is 7.91. The zero-order valence-electron chi connectivity index (χ0n) is 18.3. The maximum atomic E-state index is 6.26. The second-order valence-corrected chi connectivity index (χ2v) is 8.77. The monoisotopic (exact) mass is 497 g/mol. The zero-order valence-corrected chi connectivity index (χ0v) is 19.9. The van der Waals surface area contributed by atoms with Crippen molar-refractivity contribution in [1.29, 1.82) is 0 Å². The highest BCUT2D eigenvalue weighted by atomic mass is 79.9. The largest absolute Gasteiger partial charge is 0.493 e. The SMILES string of the molecule is COc1ccc(Br)c(CNc2cccc3cc4ccccc4cc23)c1OCc1ccccc1. The van der Waals surface area contributed by atoms with Gasteiger partial charge < -0.3 is 14.8 Å². The van der Waals surface area contributed by atoms with Crippen molar-refractivity contribution < 1.29 is 9.47 Å². The number of rotatable bonds is 7. The topological polar surface area (TPSA) is 30.5 Å². The van der Waals surface area contributed by atoms with E-state index in [9.17, 15) is 0 Å². The third-order valence-corrected chi connectivity index (χ3v) is 6.56. The number of hydrogen-bond acceptors (Lipinski definition) is 3. The highest BCUT2D eigenvalue weighted by molar-refractivity contribution is 9.10. The van der Waals surface area contributed by atoms with Crippen molar-refractivity contribution in [3.8, 4) is 11.5 Å². The Morgan fingerprint density at radius 1 is 0.758 bits per heavy atom. The van der Waals surface area contributed by atoms with Crippen LogP contribution in [0.4, 0.5) is 5.69 Å². The molecule has 0 saturated carbocycles. The van der Waals surface area contributed by atoms with Gasteiger partial charge in [-0.2, -0.15) is 0 Å². The second kappa shape index (κ2) is 9.55. The normalized spacial score (nSPS) is 11.0. The molecule has 0 spiro atoms. The first-order valence-electron chi connectivity index (χ1n) is 10.9. The Kier molecular flexibility index (Phi) is 6.18. The van der Waals surface area contributed by atoms with Gasteiger partial charge in [-0.1, -0.05) is 82.7 Å². The smallest absolute Gasteiger partial charge is 0.167 e. The van der Waals surface area contributed by atoms with Crippen LogP contribution in [0.3, 0.4) is 0 Å². The number of methoxy groups -OCH3 is 1. The van der Waals surface area contributed by atoms with Gasteiger partial charge in [0.05, 0.1) is 7.11 Å². The summed E-state index contributed by atoms with van der Waals surface area (Å²) in [6, 6.07) is 33.4. The molecule has 33 heavy (non-hydrogen) atoms. The molecule has 0 bridgehead atoms. The fourth-order valence-electron chi connectivity index (χ4n) is 4.10. The summed E-state index contributed by atoms with van der Waals surface area (Å²) in [5, 5.41) is 8.52. The lowest BCUT2D eigenvalue weighted by atomic mass is 10.0. The molecule has 0 aromatic heterocycles. The van der Waals surface area contributed by atoms with E-state index in [4.69, 9.17) is 9.47 Å². The quantitative estimate of drug-likeness (QED) is 0.231. The van der Waals surface area contributed by atoms with Gasteiger partial charge >= 0.3 is 0 Å². The van der Waals surface area contributed by atoms with Crippen LogP contribution in [0.15, 0.2) is 102 Å². The van der Waals surface area contributed by atoms with Crippen molar-refractivity contribution in [3.63, 3.8) is 0 Å². The maximum absolute atomic E-state index is 6.26. The average Bonchev–Trinajstić information content (AvgIpc) is 2.86. The van der Waals surface area contributed by atoms with Crippen LogP contribution < -0.4 is 14.8 Å². The molecular weight excluding hydrogens is 474 g/mol. The lowest BCUT2D eigenvalue weighted by molar-refractivity contribution is 0.281. The first kappa shape index (κ1) is 21.4. The van der Waals surface area contributed by atoms with E-state index in [1.54, 1.807) is 7.11 Å². The third kappa shape index (κ3) is 4.53. The van der Waals surface area contributed by atoms with E-state index in [1.807, 2.05) is 30.3 Å². The first-order valence-corrected chi connectivity index (χ1v) is 11.7. The molecule has 0 heterocycles. The van der Waals surface area contributed by atoms with E-state index in [0.717, 1.165) is 32.8 Å². The van der Waals surface area contributed by atoms with E-state index < -0.39 is 0 Å². The summed E-state index contributed by atoms with van der Waals surface area (Å²) in [5.41, 5.74) is 3.21. The highest BCUT2D eigenvalue weighted by Crippen LogP contribution is 2.38. The number of ether oxygens (including phenoxy) is 2. The molecule has 0 amide bonds. The van der Waals surface area contributed by atoms with Gasteiger partial charge in [0.25, 0.3) is 0 Å². The van der Waals surface area contributed by atoms with Crippen LogP contribution in [0.2, 0.25) is 0 Å². The molecule has 5 rings (SSSR count). The zero-order chi connectivity index (χ0) is 22.6. The standard InChI is InChI=1S/C29H24BrNO2/c1-32-28-15-14-26(30)25(29(28)33-19-20-8-3-2-4-9-20)18-31-27-13-7-12-23-16-21-10-5-6-11-22(21)17-24(23)27/h2-17,31H,18-19H2,1H3. The number of benzene rings is 5. The summed E-state index contributed by atoms with van der Waals surface area (Å²) in [7, 11) is 1.67. The minimum atomic E-state index is 0.473. The molecule has 0 aliphatic carbocycles. The predicted octanol–water partition coefficient (Wildman–Crippen LogP) is 7.96. The van der Waals surface area contributed by atoms with Crippen molar-refractivity contribution in [1.82, 2.24) is 0 Å². The number of fused-ring (bicyclic) bond motifs is 2. The third-order valence-electron chi connectivity index (χ3n) is 5.82. The van der Waals surface area contributed by atoms with E-state index in [2.05, 4.69) is 88.0 Å². The van der Waals surface area contributed by atoms with E-state index in [0.29, 0.717) is 13.2 Å². The summed E-state index contributed by atoms with van der Waals surface area (Å²) in [5.74, 6) is 1.46. The fourth-order valence-corrected chi connectivity index (χ4v) is 4.55. The number of anilines is 1. The molecule has 5 aromatic carbocycles. The molecule has 3 nitrogen and oxygen atoms in total. The Morgan fingerprint density at radius 2 is 1.48 bits per heavy atom. The fraction of sp³-hybridized carbons (Fsp3) is 0.103. The van der Waals surface area contributed by atoms with Crippen LogP contribution in [0, 0.1) is 0 Å². The summed E-state index contributed by atoms with van der Waals surface area (Å²) in [6.07, 6.45) is 0.